The SMILES string of the molecule is CC/C=C\C/C=C\C/C=C\C/C=C\CCC(=O)NC(COC1OC(CO)C(OC2OC(CO)C(OC3OC(CO)C(O)C(O)C3O)C(O)C2O)C(O)C1O)C(O)/C=C/CC/C=C/CCCCC. The highest BCUT2D eigenvalue weighted by atomic mass is 16.8. The zero-order chi connectivity index (χ0) is 49.1. The van der Waals surface area contributed by atoms with E-state index >= 15 is 0 Å². The molecule has 0 saturated carbocycles. The predicted octanol–water partition coefficient (Wildman–Crippen LogP) is 0.355. The Morgan fingerprint density at radius 2 is 1.03 bits per heavy atom. The fourth-order valence-corrected chi connectivity index (χ4v) is 7.51. The summed E-state index contributed by atoms with van der Waals surface area (Å²) in [7, 11) is 0. The quantitative estimate of drug-likeness (QED) is 0.0342. The number of carbonyl (C=O) groups excluding carboxylic acids is 1. The molecule has 3 aliphatic rings. The third-order valence-corrected chi connectivity index (χ3v) is 11.5. The fraction of sp³-hybridized carbons (Fsp3) is 0.729. The Morgan fingerprint density at radius 3 is 1.60 bits per heavy atom. The molecule has 0 radical (unpaired) electrons. The number of allylic oxidation sites excluding steroid dienone is 11. The summed E-state index contributed by atoms with van der Waals surface area (Å²) in [5.41, 5.74) is 0. The van der Waals surface area contributed by atoms with Crippen LogP contribution >= 0.6 is 0 Å². The van der Waals surface area contributed by atoms with Gasteiger partial charge in [0.2, 0.25) is 5.91 Å². The summed E-state index contributed by atoms with van der Waals surface area (Å²) in [4.78, 5) is 13.1. The first-order chi connectivity index (χ1) is 32.3. The first-order valence-corrected chi connectivity index (χ1v) is 23.7. The molecule has 12 N–H and O–H groups in total. The van der Waals surface area contributed by atoms with Crippen molar-refractivity contribution in [1.29, 1.82) is 0 Å². The number of rotatable bonds is 30. The molecule has 3 aliphatic heterocycles. The van der Waals surface area contributed by atoms with E-state index in [1.54, 1.807) is 12.2 Å². The average molecular weight is 958 g/mol. The number of nitrogens with one attached hydrogen (secondary N) is 1. The largest absolute Gasteiger partial charge is 0.394 e. The lowest BCUT2D eigenvalue weighted by Crippen LogP contribution is -2.66. The van der Waals surface area contributed by atoms with Crippen molar-refractivity contribution in [2.75, 3.05) is 26.4 Å². The van der Waals surface area contributed by atoms with Crippen LogP contribution in [0.3, 0.4) is 0 Å². The first kappa shape index (κ1) is 58.5. The molecular formula is C48H79NO18. The minimum Gasteiger partial charge on any atom is -0.394 e. The van der Waals surface area contributed by atoms with Gasteiger partial charge in [0.15, 0.2) is 18.9 Å². The molecule has 3 heterocycles. The molecule has 19 nitrogen and oxygen atoms in total. The van der Waals surface area contributed by atoms with Gasteiger partial charge in [0.25, 0.3) is 0 Å². The third-order valence-electron chi connectivity index (χ3n) is 11.5. The Labute approximate surface area is 394 Å². The second kappa shape index (κ2) is 32.9. The topological polar surface area (TPSA) is 307 Å². The molecule has 1 amide bonds. The van der Waals surface area contributed by atoms with Crippen LogP contribution in [0.2, 0.25) is 0 Å². The number of hydrogen-bond acceptors (Lipinski definition) is 18. The molecule has 67 heavy (non-hydrogen) atoms. The Balaban J connectivity index is 1.62. The van der Waals surface area contributed by atoms with E-state index < -0.39 is 131 Å². The zero-order valence-electron chi connectivity index (χ0n) is 38.8. The van der Waals surface area contributed by atoms with Crippen molar-refractivity contribution in [3.05, 3.63) is 72.9 Å². The predicted molar refractivity (Wildman–Crippen MR) is 245 cm³/mol. The van der Waals surface area contributed by atoms with Gasteiger partial charge in [0.05, 0.1) is 38.6 Å². The van der Waals surface area contributed by atoms with Gasteiger partial charge in [-0.25, -0.2) is 0 Å². The fourth-order valence-electron chi connectivity index (χ4n) is 7.51. The molecule has 384 valence electrons. The highest BCUT2D eigenvalue weighted by molar-refractivity contribution is 5.76. The maximum atomic E-state index is 13.1. The van der Waals surface area contributed by atoms with E-state index in [0.29, 0.717) is 19.3 Å². The highest BCUT2D eigenvalue weighted by Crippen LogP contribution is 2.33. The molecular weight excluding hydrogens is 879 g/mol. The molecule has 0 aromatic carbocycles. The third kappa shape index (κ3) is 19.5. The van der Waals surface area contributed by atoms with Crippen molar-refractivity contribution < 1.29 is 89.4 Å². The van der Waals surface area contributed by atoms with Crippen molar-refractivity contribution in [1.82, 2.24) is 5.32 Å². The van der Waals surface area contributed by atoms with Crippen molar-refractivity contribution in [2.45, 2.75) is 195 Å². The maximum absolute atomic E-state index is 13.1. The summed E-state index contributed by atoms with van der Waals surface area (Å²) >= 11 is 0. The van der Waals surface area contributed by atoms with Crippen LogP contribution in [-0.4, -0.2) is 193 Å². The van der Waals surface area contributed by atoms with E-state index in [1.807, 2.05) is 18.2 Å². The number of amides is 1. The number of unbranched alkanes of at least 4 members (excludes halogenated alkanes) is 4. The molecule has 3 fully saturated rings. The van der Waals surface area contributed by atoms with Gasteiger partial charge in [0.1, 0.15) is 73.2 Å². The summed E-state index contributed by atoms with van der Waals surface area (Å²) in [5.74, 6) is -0.374. The Kier molecular flexibility index (Phi) is 28.8. The molecule has 0 aliphatic carbocycles. The smallest absolute Gasteiger partial charge is 0.220 e. The lowest BCUT2D eigenvalue weighted by Gasteiger charge is -2.48. The van der Waals surface area contributed by atoms with Gasteiger partial charge in [-0.3, -0.25) is 4.79 Å². The van der Waals surface area contributed by atoms with E-state index in [4.69, 9.17) is 28.4 Å². The summed E-state index contributed by atoms with van der Waals surface area (Å²) in [6.07, 6.45) is 6.76. The lowest BCUT2D eigenvalue weighted by atomic mass is 9.96. The van der Waals surface area contributed by atoms with Crippen molar-refractivity contribution >= 4 is 5.91 Å². The number of ether oxygens (including phenoxy) is 6. The van der Waals surface area contributed by atoms with E-state index in [1.165, 1.54) is 6.42 Å². The molecule has 0 aromatic rings. The van der Waals surface area contributed by atoms with Gasteiger partial charge >= 0.3 is 0 Å². The number of aliphatic hydroxyl groups excluding tert-OH is 11. The average Bonchev–Trinajstić information content (AvgIpc) is 3.32. The molecule has 3 rings (SSSR count). The summed E-state index contributed by atoms with van der Waals surface area (Å²) < 4.78 is 33.9. The monoisotopic (exact) mass is 958 g/mol. The normalized spacial score (nSPS) is 34.1. The number of carbonyl (C=O) groups is 1. The molecule has 0 spiro atoms. The highest BCUT2D eigenvalue weighted by Gasteiger charge is 2.53. The molecule has 3 saturated heterocycles. The van der Waals surface area contributed by atoms with Crippen LogP contribution in [0.5, 0.6) is 0 Å². The minimum absolute atomic E-state index is 0.110. The van der Waals surface area contributed by atoms with E-state index in [-0.39, 0.29) is 12.3 Å². The van der Waals surface area contributed by atoms with Crippen LogP contribution < -0.4 is 5.32 Å². The summed E-state index contributed by atoms with van der Waals surface area (Å²) in [5, 5.41) is 119. The van der Waals surface area contributed by atoms with E-state index in [2.05, 4.69) is 61.7 Å². The molecule has 0 bridgehead atoms. The summed E-state index contributed by atoms with van der Waals surface area (Å²) in [6, 6.07) is -1.03. The van der Waals surface area contributed by atoms with Gasteiger partial charge in [-0.15, -0.1) is 0 Å². The summed E-state index contributed by atoms with van der Waals surface area (Å²) in [6.45, 7) is 1.39. The van der Waals surface area contributed by atoms with Gasteiger partial charge in [-0.05, 0) is 57.8 Å². The zero-order valence-corrected chi connectivity index (χ0v) is 38.8. The van der Waals surface area contributed by atoms with Crippen LogP contribution in [0.1, 0.15) is 90.9 Å². The van der Waals surface area contributed by atoms with Crippen molar-refractivity contribution in [3.8, 4) is 0 Å². The maximum Gasteiger partial charge on any atom is 0.220 e. The Hall–Kier alpha value is -2.77. The standard InChI is InChI=1S/C48H79NO18/c1-3-5-7-9-11-13-14-15-16-18-20-22-24-26-36(54)49-31(32(53)25-23-21-19-17-12-10-8-6-4-2)30-62-46-42(60)39(57)44(34(28-51)64-46)67-48-43(61)40(58)45(35(29-52)65-48)66-47-41(59)38(56)37(55)33(27-50)63-47/h5,7,11-13,15-17,20,22-23,25,31-35,37-48,50-53,55-61H,3-4,6,8-10,14,18-19,21,24,26-30H2,1-2H3,(H,49,54)/b7-5-,13-11-,16-15-,17-12+,22-20-,25-23+. The van der Waals surface area contributed by atoms with Gasteiger partial charge in [0, 0.05) is 6.42 Å². The Morgan fingerprint density at radius 1 is 0.552 bits per heavy atom. The van der Waals surface area contributed by atoms with Crippen LogP contribution in [0.25, 0.3) is 0 Å². The van der Waals surface area contributed by atoms with Gasteiger partial charge in [-0.1, -0.05) is 99.6 Å². The second-order valence-electron chi connectivity index (χ2n) is 16.8. The molecule has 0 aromatic heterocycles. The lowest BCUT2D eigenvalue weighted by molar-refractivity contribution is -0.379. The minimum atomic E-state index is -1.99. The van der Waals surface area contributed by atoms with Crippen molar-refractivity contribution in [3.63, 3.8) is 0 Å². The number of aliphatic hydroxyl groups is 11. The molecule has 17 unspecified atom stereocenters. The van der Waals surface area contributed by atoms with E-state index in [0.717, 1.165) is 44.9 Å². The van der Waals surface area contributed by atoms with Crippen LogP contribution in [0.4, 0.5) is 0 Å². The van der Waals surface area contributed by atoms with E-state index in [9.17, 15) is 61.0 Å². The Bertz CT molecular complexity index is 1520. The second-order valence-corrected chi connectivity index (χ2v) is 16.8. The number of hydrogen-bond donors (Lipinski definition) is 12. The first-order valence-electron chi connectivity index (χ1n) is 23.7. The molecule has 17 atom stereocenters. The van der Waals surface area contributed by atoms with Crippen LogP contribution in [0, 0.1) is 0 Å². The van der Waals surface area contributed by atoms with Gasteiger partial charge < -0.3 is 89.9 Å². The van der Waals surface area contributed by atoms with Crippen LogP contribution in [-0.2, 0) is 33.2 Å². The van der Waals surface area contributed by atoms with Crippen molar-refractivity contribution in [2.24, 2.45) is 0 Å². The van der Waals surface area contributed by atoms with Crippen LogP contribution in [0.15, 0.2) is 72.9 Å². The molecule has 19 heteroatoms. The van der Waals surface area contributed by atoms with Gasteiger partial charge in [-0.2, -0.15) is 0 Å².